The molecule has 0 aromatic heterocycles. The zero-order valence-electron chi connectivity index (χ0n) is 6.97. The van der Waals surface area contributed by atoms with Crippen molar-refractivity contribution in [2.75, 3.05) is 19.4 Å². The molecule has 0 aromatic carbocycles. The summed E-state index contributed by atoms with van der Waals surface area (Å²) in [6, 6.07) is 0. The van der Waals surface area contributed by atoms with Crippen molar-refractivity contribution in [1.82, 2.24) is 0 Å². The third-order valence-electron chi connectivity index (χ3n) is 1.96. The van der Waals surface area contributed by atoms with Gasteiger partial charge in [0.2, 0.25) is 0 Å². The van der Waals surface area contributed by atoms with Gasteiger partial charge < -0.3 is 20.0 Å². The molecule has 0 heterocycles. The second-order valence-electron chi connectivity index (χ2n) is 2.99. The van der Waals surface area contributed by atoms with Crippen LogP contribution in [0.1, 0.15) is 13.3 Å². The lowest BCUT2D eigenvalue weighted by Gasteiger charge is -2.28. The van der Waals surface area contributed by atoms with E-state index >= 15 is 0 Å². The molecule has 0 saturated heterocycles. The average Bonchev–Trinajstić information content (AvgIpc) is 1.99. The Bertz CT molecular complexity index is 163. The van der Waals surface area contributed by atoms with Crippen molar-refractivity contribution in [3.8, 4) is 0 Å². The summed E-state index contributed by atoms with van der Waals surface area (Å²) in [6.07, 6.45) is -0.130. The third kappa shape index (κ3) is 3.65. The fraction of sp³-hybridized carbons (Fsp3) is 1.00. The van der Waals surface area contributed by atoms with E-state index in [1.54, 1.807) is 6.92 Å². The number of aliphatic hydroxyl groups is 2. The summed E-state index contributed by atoms with van der Waals surface area (Å²) < 4.78 is 10.6. The van der Waals surface area contributed by atoms with Crippen molar-refractivity contribution in [1.29, 1.82) is 0 Å². The molecule has 0 saturated carbocycles. The van der Waals surface area contributed by atoms with Crippen LogP contribution in [0.25, 0.3) is 0 Å². The van der Waals surface area contributed by atoms with E-state index in [9.17, 15) is 4.57 Å². The van der Waals surface area contributed by atoms with Gasteiger partial charge in [0.05, 0.1) is 19.4 Å². The van der Waals surface area contributed by atoms with E-state index in [1.807, 2.05) is 0 Å². The van der Waals surface area contributed by atoms with Crippen molar-refractivity contribution >= 4 is 7.60 Å². The zero-order chi connectivity index (χ0) is 9.83. The Balaban J connectivity index is 4.41. The first-order chi connectivity index (χ1) is 5.39. The number of hydrogen-bond donors (Lipinski definition) is 4. The topological polar surface area (TPSA) is 98.0 Å². The van der Waals surface area contributed by atoms with Crippen LogP contribution >= 0.6 is 7.60 Å². The Morgan fingerprint density at radius 1 is 1.25 bits per heavy atom. The van der Waals surface area contributed by atoms with E-state index in [-0.39, 0.29) is 0 Å². The third-order valence-corrected chi connectivity index (χ3v) is 3.04. The van der Waals surface area contributed by atoms with E-state index in [2.05, 4.69) is 0 Å². The highest BCUT2D eigenvalue weighted by molar-refractivity contribution is 7.51. The fourth-order valence-electron chi connectivity index (χ4n) is 0.922. The smallest absolute Gasteiger partial charge is 0.326 e. The number of aliphatic hydroxyl groups excluding tert-OH is 2. The molecule has 0 aliphatic heterocycles. The lowest BCUT2D eigenvalue weighted by Crippen LogP contribution is -2.33. The molecule has 0 aliphatic carbocycles. The quantitative estimate of drug-likeness (QED) is 0.448. The van der Waals surface area contributed by atoms with Gasteiger partial charge in [0.1, 0.15) is 0 Å². The van der Waals surface area contributed by atoms with E-state index in [0.29, 0.717) is 6.42 Å². The minimum Gasteiger partial charge on any atom is -0.396 e. The minimum atomic E-state index is -4.16. The SMILES string of the molecule is CCC(CO)(CO)CP(=O)(O)O. The molecule has 0 aromatic rings. The van der Waals surface area contributed by atoms with Crippen molar-refractivity contribution < 1.29 is 24.6 Å². The number of rotatable bonds is 5. The largest absolute Gasteiger partial charge is 0.396 e. The van der Waals surface area contributed by atoms with Gasteiger partial charge in [-0.05, 0) is 6.42 Å². The summed E-state index contributed by atoms with van der Waals surface area (Å²) >= 11 is 0. The summed E-state index contributed by atoms with van der Waals surface area (Å²) in [6.45, 7) is 0.846. The van der Waals surface area contributed by atoms with E-state index in [1.165, 1.54) is 0 Å². The molecule has 6 heteroatoms. The highest BCUT2D eigenvalue weighted by Gasteiger charge is 2.34. The van der Waals surface area contributed by atoms with Gasteiger partial charge in [-0.15, -0.1) is 0 Å². The lowest BCUT2D eigenvalue weighted by molar-refractivity contribution is 0.0653. The van der Waals surface area contributed by atoms with Crippen LogP contribution in [0.3, 0.4) is 0 Å². The Kier molecular flexibility index (Phi) is 4.37. The molecule has 5 nitrogen and oxygen atoms in total. The molecule has 0 atom stereocenters. The highest BCUT2D eigenvalue weighted by atomic mass is 31.2. The summed E-state index contributed by atoms with van der Waals surface area (Å²) in [7, 11) is -4.16. The molecule has 4 N–H and O–H groups in total. The molecule has 0 unspecified atom stereocenters. The van der Waals surface area contributed by atoms with Gasteiger partial charge in [-0.3, -0.25) is 4.57 Å². The Morgan fingerprint density at radius 3 is 1.75 bits per heavy atom. The highest BCUT2D eigenvalue weighted by Crippen LogP contribution is 2.42. The molecule has 0 rings (SSSR count). The van der Waals surface area contributed by atoms with E-state index < -0.39 is 32.4 Å². The summed E-state index contributed by atoms with van der Waals surface area (Å²) in [4.78, 5) is 17.3. The van der Waals surface area contributed by atoms with Gasteiger partial charge in [0.15, 0.2) is 0 Å². The van der Waals surface area contributed by atoms with Gasteiger partial charge in [-0.1, -0.05) is 6.92 Å². The maximum Gasteiger partial charge on any atom is 0.326 e. The molecule has 0 bridgehead atoms. The first-order valence-corrected chi connectivity index (χ1v) is 5.45. The molecule has 0 fully saturated rings. The Morgan fingerprint density at radius 2 is 1.67 bits per heavy atom. The fourth-order valence-corrected chi connectivity index (χ4v) is 2.22. The summed E-state index contributed by atoms with van der Waals surface area (Å²) in [5.74, 6) is 0. The first-order valence-electron chi connectivity index (χ1n) is 3.65. The molecule has 0 amide bonds. The standard InChI is InChI=1S/C6H15O5P/c1-2-6(3-7,4-8)5-12(9,10)11/h7-8H,2-5H2,1H3,(H2,9,10,11). The van der Waals surface area contributed by atoms with Crippen LogP contribution in [0.5, 0.6) is 0 Å². The number of hydrogen-bond acceptors (Lipinski definition) is 3. The van der Waals surface area contributed by atoms with Gasteiger partial charge >= 0.3 is 7.60 Å². The molecule has 0 spiro atoms. The molecule has 0 radical (unpaired) electrons. The Labute approximate surface area is 71.2 Å². The summed E-state index contributed by atoms with van der Waals surface area (Å²) in [5.41, 5.74) is -1.04. The van der Waals surface area contributed by atoms with E-state index in [0.717, 1.165) is 0 Å². The molecule has 74 valence electrons. The van der Waals surface area contributed by atoms with Crippen molar-refractivity contribution in [3.63, 3.8) is 0 Å². The van der Waals surface area contributed by atoms with Crippen LogP contribution in [0.15, 0.2) is 0 Å². The van der Waals surface area contributed by atoms with Crippen LogP contribution in [-0.2, 0) is 4.57 Å². The normalized spacial score (nSPS) is 13.4. The average molecular weight is 198 g/mol. The second-order valence-corrected chi connectivity index (χ2v) is 4.64. The van der Waals surface area contributed by atoms with Crippen LogP contribution < -0.4 is 0 Å². The predicted molar refractivity (Wildman–Crippen MR) is 43.8 cm³/mol. The van der Waals surface area contributed by atoms with Gasteiger partial charge in [0.25, 0.3) is 0 Å². The predicted octanol–water partition coefficient (Wildman–Crippen LogP) is -0.455. The van der Waals surface area contributed by atoms with Crippen LogP contribution in [0, 0.1) is 5.41 Å². The lowest BCUT2D eigenvalue weighted by atomic mass is 9.90. The van der Waals surface area contributed by atoms with Crippen LogP contribution in [0.2, 0.25) is 0 Å². The minimum absolute atomic E-state index is 0.338. The maximum atomic E-state index is 10.6. The molecular formula is C6H15O5P. The van der Waals surface area contributed by atoms with Crippen LogP contribution in [-0.4, -0.2) is 39.4 Å². The van der Waals surface area contributed by atoms with Crippen LogP contribution in [0.4, 0.5) is 0 Å². The zero-order valence-corrected chi connectivity index (χ0v) is 7.87. The van der Waals surface area contributed by atoms with Gasteiger partial charge in [-0.2, -0.15) is 0 Å². The molecule has 12 heavy (non-hydrogen) atoms. The maximum absolute atomic E-state index is 10.6. The van der Waals surface area contributed by atoms with Crippen molar-refractivity contribution in [2.45, 2.75) is 13.3 Å². The molecule has 0 aliphatic rings. The second kappa shape index (κ2) is 4.35. The van der Waals surface area contributed by atoms with E-state index in [4.69, 9.17) is 20.0 Å². The molecular weight excluding hydrogens is 183 g/mol. The van der Waals surface area contributed by atoms with Crippen molar-refractivity contribution in [2.24, 2.45) is 5.41 Å². The van der Waals surface area contributed by atoms with Crippen molar-refractivity contribution in [3.05, 3.63) is 0 Å². The Hall–Kier alpha value is 0.0700. The monoisotopic (exact) mass is 198 g/mol. The summed E-state index contributed by atoms with van der Waals surface area (Å²) in [5, 5.41) is 17.7. The van der Waals surface area contributed by atoms with Gasteiger partial charge in [0, 0.05) is 5.41 Å². The first kappa shape index (κ1) is 12.1. The van der Waals surface area contributed by atoms with Gasteiger partial charge in [-0.25, -0.2) is 0 Å².